The Bertz CT molecular complexity index is 1090. The lowest BCUT2D eigenvalue weighted by atomic mass is 10.1. The lowest BCUT2D eigenvalue weighted by Crippen LogP contribution is -2.47. The highest BCUT2D eigenvalue weighted by Crippen LogP contribution is 2.24. The van der Waals surface area contributed by atoms with E-state index >= 15 is 0 Å². The monoisotopic (exact) mass is 504 g/mol. The molecule has 2 aliphatic rings. The Kier molecular flexibility index (Phi) is 8.26. The van der Waals surface area contributed by atoms with Crippen molar-refractivity contribution >= 4 is 27.5 Å². The molecule has 0 aromatic heterocycles. The minimum absolute atomic E-state index is 0.0914. The summed E-state index contributed by atoms with van der Waals surface area (Å²) < 4.78 is 27.6. The first-order chi connectivity index (χ1) is 16.3. The summed E-state index contributed by atoms with van der Waals surface area (Å²) in [6.07, 6.45) is 3.86. The standard InChI is InChI=1S/C25H33ClN4O3S/c1-28-13-15-30(16-14-28)34(32,33)22-9-10-24(26)23(17-22)25(31)27-18-20-5-7-21(8-6-20)19-29-11-3-2-4-12-29/h5-10,17H,2-4,11-16,18-19H2,1H3,(H,27,31). The molecule has 0 bridgehead atoms. The van der Waals surface area contributed by atoms with Gasteiger partial charge in [-0.15, -0.1) is 0 Å². The second-order valence-corrected chi connectivity index (χ2v) is 11.5. The number of carbonyl (C=O) groups excluding carboxylic acids is 1. The van der Waals surface area contributed by atoms with Gasteiger partial charge in [-0.3, -0.25) is 9.69 Å². The van der Waals surface area contributed by atoms with E-state index in [4.69, 9.17) is 11.6 Å². The highest BCUT2D eigenvalue weighted by atomic mass is 35.5. The Labute approximate surface area is 207 Å². The van der Waals surface area contributed by atoms with Crippen molar-refractivity contribution in [2.45, 2.75) is 37.2 Å². The number of halogens is 1. The number of nitrogens with zero attached hydrogens (tertiary/aromatic N) is 3. The van der Waals surface area contributed by atoms with Crippen molar-refractivity contribution < 1.29 is 13.2 Å². The number of rotatable bonds is 7. The number of benzene rings is 2. The van der Waals surface area contributed by atoms with E-state index in [0.29, 0.717) is 32.7 Å². The predicted molar refractivity (Wildman–Crippen MR) is 134 cm³/mol. The molecule has 2 aromatic rings. The summed E-state index contributed by atoms with van der Waals surface area (Å²) in [5.41, 5.74) is 2.41. The number of hydrogen-bond donors (Lipinski definition) is 1. The molecule has 2 aliphatic heterocycles. The topological polar surface area (TPSA) is 73.0 Å². The quantitative estimate of drug-likeness (QED) is 0.627. The molecule has 4 rings (SSSR count). The lowest BCUT2D eigenvalue weighted by Gasteiger charge is -2.31. The Morgan fingerprint density at radius 1 is 0.912 bits per heavy atom. The van der Waals surface area contributed by atoms with Crippen LogP contribution in [0, 0.1) is 0 Å². The van der Waals surface area contributed by atoms with Gasteiger partial charge in [-0.1, -0.05) is 42.3 Å². The van der Waals surface area contributed by atoms with Crippen LogP contribution in [-0.2, 0) is 23.1 Å². The van der Waals surface area contributed by atoms with Crippen molar-refractivity contribution in [1.29, 1.82) is 0 Å². The van der Waals surface area contributed by atoms with Crippen LogP contribution < -0.4 is 5.32 Å². The van der Waals surface area contributed by atoms with Crippen LogP contribution in [0.4, 0.5) is 0 Å². The molecule has 2 fully saturated rings. The van der Waals surface area contributed by atoms with Gasteiger partial charge in [0.1, 0.15) is 0 Å². The average molecular weight is 505 g/mol. The molecule has 184 valence electrons. The van der Waals surface area contributed by atoms with Gasteiger partial charge in [0.25, 0.3) is 5.91 Å². The number of carbonyl (C=O) groups is 1. The summed E-state index contributed by atoms with van der Waals surface area (Å²) in [5.74, 6) is -0.391. The van der Waals surface area contributed by atoms with Crippen molar-refractivity contribution in [3.63, 3.8) is 0 Å². The van der Waals surface area contributed by atoms with E-state index in [2.05, 4.69) is 27.2 Å². The zero-order chi connectivity index (χ0) is 24.1. The molecule has 34 heavy (non-hydrogen) atoms. The number of likely N-dealkylation sites (tertiary alicyclic amines) is 1. The summed E-state index contributed by atoms with van der Waals surface area (Å²) >= 11 is 6.26. The molecular weight excluding hydrogens is 472 g/mol. The van der Waals surface area contributed by atoms with Crippen LogP contribution in [0.1, 0.15) is 40.7 Å². The van der Waals surface area contributed by atoms with Gasteiger partial charge in [0, 0.05) is 39.3 Å². The Morgan fingerprint density at radius 2 is 1.56 bits per heavy atom. The van der Waals surface area contributed by atoms with Gasteiger partial charge >= 0.3 is 0 Å². The van der Waals surface area contributed by atoms with E-state index in [0.717, 1.165) is 25.2 Å². The van der Waals surface area contributed by atoms with Crippen molar-refractivity contribution in [3.05, 3.63) is 64.2 Å². The predicted octanol–water partition coefficient (Wildman–Crippen LogP) is 3.19. The van der Waals surface area contributed by atoms with Crippen molar-refractivity contribution in [2.75, 3.05) is 46.3 Å². The van der Waals surface area contributed by atoms with E-state index < -0.39 is 15.9 Å². The number of amides is 1. The van der Waals surface area contributed by atoms with Gasteiger partial charge in [0.15, 0.2) is 0 Å². The summed E-state index contributed by atoms with van der Waals surface area (Å²) in [5, 5.41) is 3.10. The number of piperazine rings is 1. The Balaban J connectivity index is 1.38. The van der Waals surface area contributed by atoms with Crippen LogP contribution in [0.5, 0.6) is 0 Å². The first-order valence-corrected chi connectivity index (χ1v) is 13.7. The van der Waals surface area contributed by atoms with Crippen molar-refractivity contribution in [3.8, 4) is 0 Å². The second kappa shape index (κ2) is 11.2. The van der Waals surface area contributed by atoms with E-state index in [1.165, 1.54) is 47.3 Å². The molecule has 0 saturated carbocycles. The minimum atomic E-state index is -3.68. The van der Waals surface area contributed by atoms with Crippen LogP contribution in [0.25, 0.3) is 0 Å². The summed E-state index contributed by atoms with van der Waals surface area (Å²) in [7, 11) is -1.71. The molecule has 0 unspecified atom stereocenters. The van der Waals surface area contributed by atoms with E-state index in [-0.39, 0.29) is 15.5 Å². The highest BCUT2D eigenvalue weighted by Gasteiger charge is 2.28. The lowest BCUT2D eigenvalue weighted by molar-refractivity contribution is 0.0951. The van der Waals surface area contributed by atoms with Gasteiger partial charge in [-0.2, -0.15) is 4.31 Å². The van der Waals surface area contributed by atoms with Gasteiger partial charge in [0.2, 0.25) is 10.0 Å². The van der Waals surface area contributed by atoms with Gasteiger partial charge in [-0.25, -0.2) is 8.42 Å². The molecule has 2 aromatic carbocycles. The molecule has 0 spiro atoms. The van der Waals surface area contributed by atoms with Crippen molar-refractivity contribution in [1.82, 2.24) is 19.4 Å². The first kappa shape index (κ1) is 25.1. The number of piperidine rings is 1. The normalized spacial score (nSPS) is 18.6. The molecule has 1 N–H and O–H groups in total. The first-order valence-electron chi connectivity index (χ1n) is 11.9. The Hall–Kier alpha value is -1.97. The fraction of sp³-hybridized carbons (Fsp3) is 0.480. The Morgan fingerprint density at radius 3 is 2.24 bits per heavy atom. The number of nitrogens with one attached hydrogen (secondary N) is 1. The smallest absolute Gasteiger partial charge is 0.253 e. The maximum atomic E-state index is 13.1. The number of likely N-dealkylation sites (N-methyl/N-ethyl adjacent to an activating group) is 1. The third-order valence-electron chi connectivity index (χ3n) is 6.61. The fourth-order valence-corrected chi connectivity index (χ4v) is 6.08. The molecule has 7 nitrogen and oxygen atoms in total. The molecular formula is C25H33ClN4O3S. The maximum absolute atomic E-state index is 13.1. The molecule has 0 radical (unpaired) electrons. The number of sulfonamides is 1. The zero-order valence-corrected chi connectivity index (χ0v) is 21.2. The van der Waals surface area contributed by atoms with Crippen LogP contribution in [0.15, 0.2) is 47.4 Å². The largest absolute Gasteiger partial charge is 0.348 e. The average Bonchev–Trinajstić information content (AvgIpc) is 2.84. The zero-order valence-electron chi connectivity index (χ0n) is 19.7. The minimum Gasteiger partial charge on any atom is -0.348 e. The number of hydrogen-bond acceptors (Lipinski definition) is 5. The molecule has 2 heterocycles. The fourth-order valence-electron chi connectivity index (χ4n) is 4.43. The molecule has 0 atom stereocenters. The third-order valence-corrected chi connectivity index (χ3v) is 8.84. The molecule has 0 aliphatic carbocycles. The van der Waals surface area contributed by atoms with E-state index in [1.54, 1.807) is 0 Å². The summed E-state index contributed by atoms with van der Waals surface area (Å²) in [6, 6.07) is 12.6. The van der Waals surface area contributed by atoms with E-state index in [9.17, 15) is 13.2 Å². The van der Waals surface area contributed by atoms with Gasteiger partial charge in [-0.05, 0) is 62.3 Å². The summed E-state index contributed by atoms with van der Waals surface area (Å²) in [4.78, 5) is 17.5. The molecule has 9 heteroatoms. The van der Waals surface area contributed by atoms with Gasteiger partial charge < -0.3 is 10.2 Å². The molecule has 1 amide bonds. The second-order valence-electron chi connectivity index (χ2n) is 9.18. The van der Waals surface area contributed by atoms with E-state index in [1.807, 2.05) is 19.2 Å². The SMILES string of the molecule is CN1CCN(S(=O)(=O)c2ccc(Cl)c(C(=O)NCc3ccc(CN4CCCCC4)cc3)c2)CC1. The van der Waals surface area contributed by atoms with Crippen LogP contribution in [0.2, 0.25) is 5.02 Å². The maximum Gasteiger partial charge on any atom is 0.253 e. The van der Waals surface area contributed by atoms with Crippen molar-refractivity contribution in [2.24, 2.45) is 0 Å². The highest BCUT2D eigenvalue weighted by molar-refractivity contribution is 7.89. The third kappa shape index (κ3) is 6.17. The van der Waals surface area contributed by atoms with Crippen LogP contribution >= 0.6 is 11.6 Å². The summed E-state index contributed by atoms with van der Waals surface area (Å²) in [6.45, 7) is 5.82. The van der Waals surface area contributed by atoms with Gasteiger partial charge in [0.05, 0.1) is 15.5 Å². The van der Waals surface area contributed by atoms with Crippen LogP contribution in [0.3, 0.4) is 0 Å². The molecule has 2 saturated heterocycles. The van der Waals surface area contributed by atoms with Crippen LogP contribution in [-0.4, -0.2) is 74.7 Å².